The first kappa shape index (κ1) is 27.3. The van der Waals surface area contributed by atoms with Crippen molar-refractivity contribution in [3.63, 3.8) is 0 Å². The van der Waals surface area contributed by atoms with Crippen LogP contribution in [0.4, 0.5) is 0 Å². The molecule has 0 amide bonds. The van der Waals surface area contributed by atoms with E-state index < -0.39 is 40.7 Å². The molecule has 0 unspecified atom stereocenters. The van der Waals surface area contributed by atoms with Gasteiger partial charge in [0.05, 0.1) is 0 Å². The summed E-state index contributed by atoms with van der Waals surface area (Å²) in [6.45, 7) is 6.31. The Labute approximate surface area is 180 Å². The van der Waals surface area contributed by atoms with Crippen LogP contribution in [0.1, 0.15) is 117 Å². The zero-order valence-corrected chi connectivity index (χ0v) is 21.4. The first-order valence-corrected chi connectivity index (χ1v) is 15.2. The van der Waals surface area contributed by atoms with Crippen molar-refractivity contribution in [3.8, 4) is 0 Å². The molecule has 0 radical (unpaired) electrons. The van der Waals surface area contributed by atoms with Crippen LogP contribution in [0.15, 0.2) is 0 Å². The van der Waals surface area contributed by atoms with Crippen LogP contribution in [0.25, 0.3) is 0 Å². The zero-order valence-electron chi connectivity index (χ0n) is 18.1. The summed E-state index contributed by atoms with van der Waals surface area (Å²) in [7, 11) is 0. The molecule has 0 aromatic carbocycles. The Hall–Kier alpha value is -0.720. The summed E-state index contributed by atoms with van der Waals surface area (Å²) in [4.78, 5) is 36.1. The van der Waals surface area contributed by atoms with Crippen LogP contribution in [0.2, 0.25) is 0 Å². The second kappa shape index (κ2) is 19.6. The minimum absolute atomic E-state index is 0.273. The van der Waals surface area contributed by atoms with E-state index >= 15 is 0 Å². The van der Waals surface area contributed by atoms with Gasteiger partial charge in [0.1, 0.15) is 0 Å². The molecule has 0 aliphatic carbocycles. The van der Waals surface area contributed by atoms with Gasteiger partial charge in [0.25, 0.3) is 0 Å². The molecule has 0 heterocycles. The van der Waals surface area contributed by atoms with Gasteiger partial charge in [-0.2, -0.15) is 0 Å². The van der Waals surface area contributed by atoms with Crippen LogP contribution in [0, 0.1) is 0 Å². The standard InChI is InChI=1S/3C7H14O2.In/c3*1-2-3-4-5-6-7(8)9;/h3*2-6H2,1H3,(H,8,9);/q;;;+3/p-3. The molecule has 6 nitrogen and oxygen atoms in total. The molecule has 0 aromatic heterocycles. The third-order valence-corrected chi connectivity index (χ3v) is 8.29. The Morgan fingerprint density at radius 1 is 0.500 bits per heavy atom. The molecule has 7 heteroatoms. The molecule has 0 aliphatic rings. The maximum atomic E-state index is 12.0. The summed E-state index contributed by atoms with van der Waals surface area (Å²) >= 11 is -3.93. The quantitative estimate of drug-likeness (QED) is 0.230. The number of hydrogen-bond acceptors (Lipinski definition) is 6. The monoisotopic (exact) mass is 502 g/mol. The second-order valence-corrected chi connectivity index (χ2v) is 10.9. The third kappa shape index (κ3) is 17.4. The number of hydrogen-bond donors (Lipinski definition) is 0. The normalized spacial score (nSPS) is 10.4. The van der Waals surface area contributed by atoms with Crippen molar-refractivity contribution in [1.82, 2.24) is 0 Å². The van der Waals surface area contributed by atoms with Gasteiger partial charge in [-0.15, -0.1) is 0 Å². The first-order chi connectivity index (χ1) is 13.5. The van der Waals surface area contributed by atoms with Crippen LogP contribution >= 0.6 is 0 Å². The molecule has 0 N–H and O–H groups in total. The van der Waals surface area contributed by atoms with E-state index in [4.69, 9.17) is 8.56 Å². The molecular formula is C21H39InO6. The fourth-order valence-corrected chi connectivity index (χ4v) is 5.92. The van der Waals surface area contributed by atoms with E-state index in [-0.39, 0.29) is 19.3 Å². The number of carbonyl (C=O) groups excluding carboxylic acids is 3. The Morgan fingerprint density at radius 3 is 1.04 bits per heavy atom. The first-order valence-electron chi connectivity index (χ1n) is 11.1. The van der Waals surface area contributed by atoms with E-state index in [2.05, 4.69) is 20.8 Å². The van der Waals surface area contributed by atoms with Crippen molar-refractivity contribution in [2.24, 2.45) is 0 Å². The summed E-state index contributed by atoms with van der Waals surface area (Å²) < 4.78 is 15.9. The summed E-state index contributed by atoms with van der Waals surface area (Å²) in [5.41, 5.74) is 0. The van der Waals surface area contributed by atoms with Gasteiger partial charge < -0.3 is 0 Å². The van der Waals surface area contributed by atoms with Gasteiger partial charge in [-0.1, -0.05) is 0 Å². The predicted molar refractivity (Wildman–Crippen MR) is 110 cm³/mol. The molecular weight excluding hydrogens is 463 g/mol. The number of carbonyl (C=O) groups is 3. The van der Waals surface area contributed by atoms with Crippen LogP contribution in [0.5, 0.6) is 0 Å². The average Bonchev–Trinajstić information content (AvgIpc) is 2.66. The van der Waals surface area contributed by atoms with E-state index in [1.54, 1.807) is 0 Å². The predicted octanol–water partition coefficient (Wildman–Crippen LogP) is 5.51. The van der Waals surface area contributed by atoms with Gasteiger partial charge in [-0.3, -0.25) is 0 Å². The molecule has 0 bridgehead atoms. The summed E-state index contributed by atoms with van der Waals surface area (Å²) in [6, 6.07) is 0. The van der Waals surface area contributed by atoms with Crippen molar-refractivity contribution >= 4 is 40.7 Å². The maximum absolute atomic E-state index is 12.0. The van der Waals surface area contributed by atoms with Gasteiger partial charge in [0.15, 0.2) is 0 Å². The molecule has 28 heavy (non-hydrogen) atoms. The average molecular weight is 502 g/mol. The summed E-state index contributed by atoms with van der Waals surface area (Å²) in [5, 5.41) is 0. The van der Waals surface area contributed by atoms with Crippen LogP contribution in [-0.4, -0.2) is 40.7 Å². The van der Waals surface area contributed by atoms with E-state index in [1.807, 2.05) is 0 Å². The summed E-state index contributed by atoms with van der Waals surface area (Å²) in [5.74, 6) is -1.27. The molecule has 162 valence electrons. The molecule has 0 fully saturated rings. The fraction of sp³-hybridized carbons (Fsp3) is 0.857. The molecule has 0 aliphatic heterocycles. The Bertz CT molecular complexity index is 365. The molecule has 0 saturated heterocycles. The van der Waals surface area contributed by atoms with Crippen LogP contribution < -0.4 is 0 Å². The summed E-state index contributed by atoms with van der Waals surface area (Å²) in [6.07, 6.45) is 12.4. The van der Waals surface area contributed by atoms with Crippen molar-refractivity contribution in [2.45, 2.75) is 117 Å². The van der Waals surface area contributed by atoms with Crippen molar-refractivity contribution in [2.75, 3.05) is 0 Å². The van der Waals surface area contributed by atoms with Crippen molar-refractivity contribution in [3.05, 3.63) is 0 Å². The van der Waals surface area contributed by atoms with E-state index in [1.165, 1.54) is 0 Å². The van der Waals surface area contributed by atoms with Crippen molar-refractivity contribution in [1.29, 1.82) is 0 Å². The molecule has 0 atom stereocenters. The van der Waals surface area contributed by atoms with Gasteiger partial charge in [-0.25, -0.2) is 0 Å². The van der Waals surface area contributed by atoms with Gasteiger partial charge in [-0.05, 0) is 0 Å². The molecule has 0 saturated carbocycles. The third-order valence-electron chi connectivity index (χ3n) is 4.39. The van der Waals surface area contributed by atoms with Gasteiger partial charge >= 0.3 is 181 Å². The SMILES string of the molecule is CCCCCCC(=O)[O][In]([O]C(=O)CCCCCC)[O]C(=O)CCCCCC. The van der Waals surface area contributed by atoms with E-state index in [0.717, 1.165) is 77.0 Å². The second-order valence-electron chi connectivity index (χ2n) is 7.19. The molecule has 0 rings (SSSR count). The Kier molecular flexibility index (Phi) is 19.1. The molecule has 0 spiro atoms. The topological polar surface area (TPSA) is 78.9 Å². The molecule has 0 aromatic rings. The number of unbranched alkanes of at least 4 members (excludes halogenated alkanes) is 9. The van der Waals surface area contributed by atoms with E-state index in [0.29, 0.717) is 0 Å². The minimum atomic E-state index is -3.93. The number of rotatable bonds is 18. The Balaban J connectivity index is 4.44. The van der Waals surface area contributed by atoms with E-state index in [9.17, 15) is 14.4 Å². The van der Waals surface area contributed by atoms with Crippen LogP contribution in [0.3, 0.4) is 0 Å². The van der Waals surface area contributed by atoms with Crippen molar-refractivity contribution < 1.29 is 22.9 Å². The Morgan fingerprint density at radius 2 is 0.786 bits per heavy atom. The fourth-order valence-electron chi connectivity index (χ4n) is 2.66. The van der Waals surface area contributed by atoms with Crippen LogP contribution in [-0.2, 0) is 22.9 Å². The zero-order chi connectivity index (χ0) is 21.0. The van der Waals surface area contributed by atoms with Gasteiger partial charge in [0.2, 0.25) is 0 Å². The van der Waals surface area contributed by atoms with Gasteiger partial charge in [0, 0.05) is 0 Å².